The van der Waals surface area contributed by atoms with Crippen molar-refractivity contribution in [3.63, 3.8) is 0 Å². The first-order chi connectivity index (χ1) is 9.17. The standard InChI is InChI=1S/C14H30N4O.HI/c1-12(2)11-18-8-5-6-13(18)10-17-14(15-3)16-7-9-19-4;/h12-13H,5-11H2,1-4H3,(H2,15,16,17);1H/t13-;/m1./s1. The predicted molar refractivity (Wildman–Crippen MR) is 96.1 cm³/mol. The molecule has 0 saturated carbocycles. The lowest BCUT2D eigenvalue weighted by atomic mass is 10.1. The van der Waals surface area contributed by atoms with E-state index in [0.717, 1.165) is 25.0 Å². The number of aliphatic imine (C=N–C) groups is 1. The lowest BCUT2D eigenvalue weighted by molar-refractivity contribution is 0.203. The van der Waals surface area contributed by atoms with Crippen molar-refractivity contribution in [2.45, 2.75) is 32.7 Å². The molecule has 0 amide bonds. The topological polar surface area (TPSA) is 48.9 Å². The zero-order valence-electron chi connectivity index (χ0n) is 13.3. The minimum Gasteiger partial charge on any atom is -0.383 e. The van der Waals surface area contributed by atoms with Gasteiger partial charge in [-0.1, -0.05) is 13.8 Å². The van der Waals surface area contributed by atoms with Gasteiger partial charge in [-0.3, -0.25) is 9.89 Å². The SMILES string of the molecule is CN=C(NCCOC)NC[C@H]1CCCN1CC(C)C.I. The molecular weight excluding hydrogens is 367 g/mol. The highest BCUT2D eigenvalue weighted by atomic mass is 127. The van der Waals surface area contributed by atoms with Gasteiger partial charge >= 0.3 is 0 Å². The number of hydrogen-bond donors (Lipinski definition) is 2. The molecule has 20 heavy (non-hydrogen) atoms. The Balaban J connectivity index is 0.00000361. The highest BCUT2D eigenvalue weighted by Gasteiger charge is 2.24. The monoisotopic (exact) mass is 398 g/mol. The fourth-order valence-electron chi connectivity index (χ4n) is 2.54. The first-order valence-corrected chi connectivity index (χ1v) is 7.34. The van der Waals surface area contributed by atoms with Gasteiger partial charge in [-0.05, 0) is 25.3 Å². The molecule has 6 heteroatoms. The number of methoxy groups -OCH3 is 1. The zero-order valence-corrected chi connectivity index (χ0v) is 15.6. The van der Waals surface area contributed by atoms with E-state index in [2.05, 4.69) is 34.4 Å². The Kier molecular flexibility index (Phi) is 11.5. The summed E-state index contributed by atoms with van der Waals surface area (Å²) in [5.74, 6) is 1.60. The summed E-state index contributed by atoms with van der Waals surface area (Å²) in [6.07, 6.45) is 2.60. The maximum absolute atomic E-state index is 5.02. The van der Waals surface area contributed by atoms with Crippen molar-refractivity contribution in [2.75, 3.05) is 46.9 Å². The van der Waals surface area contributed by atoms with Crippen LogP contribution < -0.4 is 10.6 Å². The smallest absolute Gasteiger partial charge is 0.191 e. The van der Waals surface area contributed by atoms with Crippen molar-refractivity contribution in [3.05, 3.63) is 0 Å². The second kappa shape index (κ2) is 11.6. The van der Waals surface area contributed by atoms with Crippen LogP contribution in [0.3, 0.4) is 0 Å². The summed E-state index contributed by atoms with van der Waals surface area (Å²) in [5, 5.41) is 6.66. The molecule has 1 saturated heterocycles. The predicted octanol–water partition coefficient (Wildman–Crippen LogP) is 1.54. The number of rotatable bonds is 7. The lowest BCUT2D eigenvalue weighted by Gasteiger charge is -2.27. The van der Waals surface area contributed by atoms with E-state index in [1.807, 2.05) is 7.05 Å². The van der Waals surface area contributed by atoms with Crippen molar-refractivity contribution < 1.29 is 4.74 Å². The van der Waals surface area contributed by atoms with Crippen LogP contribution in [0.4, 0.5) is 0 Å². The Morgan fingerprint density at radius 3 is 2.75 bits per heavy atom. The van der Waals surface area contributed by atoms with E-state index in [0.29, 0.717) is 12.6 Å². The van der Waals surface area contributed by atoms with Crippen LogP contribution >= 0.6 is 24.0 Å². The maximum atomic E-state index is 5.02. The van der Waals surface area contributed by atoms with Crippen molar-refractivity contribution in [1.29, 1.82) is 0 Å². The van der Waals surface area contributed by atoms with Gasteiger partial charge in [-0.15, -0.1) is 24.0 Å². The number of nitrogens with zero attached hydrogens (tertiary/aromatic N) is 2. The summed E-state index contributed by atoms with van der Waals surface area (Å²) in [4.78, 5) is 6.82. The van der Waals surface area contributed by atoms with Gasteiger partial charge in [0.05, 0.1) is 6.61 Å². The number of hydrogen-bond acceptors (Lipinski definition) is 3. The minimum absolute atomic E-state index is 0. The molecule has 1 aliphatic heterocycles. The molecule has 0 bridgehead atoms. The Bertz CT molecular complexity index is 274. The van der Waals surface area contributed by atoms with Crippen LogP contribution in [0, 0.1) is 5.92 Å². The van der Waals surface area contributed by atoms with Gasteiger partial charge < -0.3 is 15.4 Å². The summed E-state index contributed by atoms with van der Waals surface area (Å²) in [5.41, 5.74) is 0. The van der Waals surface area contributed by atoms with Crippen LogP contribution in [0.2, 0.25) is 0 Å². The summed E-state index contributed by atoms with van der Waals surface area (Å²) < 4.78 is 5.02. The normalized spacial score (nSPS) is 20.1. The van der Waals surface area contributed by atoms with Crippen LogP contribution in [0.15, 0.2) is 4.99 Å². The van der Waals surface area contributed by atoms with Gasteiger partial charge in [0.25, 0.3) is 0 Å². The van der Waals surface area contributed by atoms with Crippen molar-refractivity contribution in [3.8, 4) is 0 Å². The Morgan fingerprint density at radius 2 is 2.15 bits per heavy atom. The van der Waals surface area contributed by atoms with E-state index < -0.39 is 0 Å². The third-order valence-electron chi connectivity index (χ3n) is 3.43. The van der Waals surface area contributed by atoms with Gasteiger partial charge in [0.2, 0.25) is 0 Å². The van der Waals surface area contributed by atoms with Crippen LogP contribution in [0.25, 0.3) is 0 Å². The Hall–Kier alpha value is -0.0800. The maximum Gasteiger partial charge on any atom is 0.191 e. The molecule has 0 aromatic heterocycles. The Labute approximate surface area is 140 Å². The molecule has 120 valence electrons. The lowest BCUT2D eigenvalue weighted by Crippen LogP contribution is -2.46. The van der Waals surface area contributed by atoms with Crippen LogP contribution in [-0.4, -0.2) is 63.8 Å². The average molecular weight is 398 g/mol. The molecule has 1 heterocycles. The number of nitrogens with one attached hydrogen (secondary N) is 2. The van der Waals surface area contributed by atoms with Crippen molar-refractivity contribution >= 4 is 29.9 Å². The Morgan fingerprint density at radius 1 is 1.40 bits per heavy atom. The van der Waals surface area contributed by atoms with E-state index in [9.17, 15) is 0 Å². The summed E-state index contributed by atoms with van der Waals surface area (Å²) >= 11 is 0. The van der Waals surface area contributed by atoms with Crippen molar-refractivity contribution in [2.24, 2.45) is 10.9 Å². The fraction of sp³-hybridized carbons (Fsp3) is 0.929. The first-order valence-electron chi connectivity index (χ1n) is 7.34. The van der Waals surface area contributed by atoms with Gasteiger partial charge in [0.1, 0.15) is 0 Å². The highest BCUT2D eigenvalue weighted by Crippen LogP contribution is 2.17. The molecule has 0 aromatic rings. The van der Waals surface area contributed by atoms with E-state index in [1.165, 1.54) is 25.9 Å². The molecule has 0 aliphatic carbocycles. The van der Waals surface area contributed by atoms with Gasteiger partial charge in [0, 0.05) is 39.8 Å². The van der Waals surface area contributed by atoms with E-state index in [1.54, 1.807) is 7.11 Å². The summed E-state index contributed by atoms with van der Waals surface area (Å²) in [6.45, 7) is 9.46. The van der Waals surface area contributed by atoms with Gasteiger partial charge in [0.15, 0.2) is 5.96 Å². The molecule has 1 rings (SSSR count). The molecule has 1 aliphatic rings. The van der Waals surface area contributed by atoms with E-state index in [-0.39, 0.29) is 24.0 Å². The number of likely N-dealkylation sites (tertiary alicyclic amines) is 1. The first kappa shape index (κ1) is 19.9. The molecule has 1 atom stereocenters. The van der Waals surface area contributed by atoms with Gasteiger partial charge in [-0.2, -0.15) is 0 Å². The second-order valence-electron chi connectivity index (χ2n) is 5.56. The molecule has 0 aromatic carbocycles. The zero-order chi connectivity index (χ0) is 14.1. The molecular formula is C14H31IN4O. The molecule has 0 radical (unpaired) electrons. The molecule has 1 fully saturated rings. The molecule has 2 N–H and O–H groups in total. The third kappa shape index (κ3) is 7.64. The highest BCUT2D eigenvalue weighted by molar-refractivity contribution is 14.0. The number of ether oxygens (including phenoxy) is 1. The van der Waals surface area contributed by atoms with E-state index in [4.69, 9.17) is 4.74 Å². The van der Waals surface area contributed by atoms with Gasteiger partial charge in [-0.25, -0.2) is 0 Å². The van der Waals surface area contributed by atoms with E-state index >= 15 is 0 Å². The molecule has 0 unspecified atom stereocenters. The van der Waals surface area contributed by atoms with Crippen LogP contribution in [-0.2, 0) is 4.74 Å². The fourth-order valence-corrected chi connectivity index (χ4v) is 2.54. The number of guanidine groups is 1. The minimum atomic E-state index is 0. The molecule has 5 nitrogen and oxygen atoms in total. The summed E-state index contributed by atoms with van der Waals surface area (Å²) in [6, 6.07) is 0.642. The van der Waals surface area contributed by atoms with Crippen LogP contribution in [0.5, 0.6) is 0 Å². The second-order valence-corrected chi connectivity index (χ2v) is 5.56. The largest absolute Gasteiger partial charge is 0.383 e. The van der Waals surface area contributed by atoms with Crippen molar-refractivity contribution in [1.82, 2.24) is 15.5 Å². The number of halogens is 1. The molecule has 0 spiro atoms. The third-order valence-corrected chi connectivity index (χ3v) is 3.43. The van der Waals surface area contributed by atoms with Crippen LogP contribution in [0.1, 0.15) is 26.7 Å². The summed E-state index contributed by atoms with van der Waals surface area (Å²) in [7, 11) is 3.52. The quantitative estimate of drug-likeness (QED) is 0.296. The average Bonchev–Trinajstić information content (AvgIpc) is 2.80.